The number of benzene rings is 1. The van der Waals surface area contributed by atoms with Gasteiger partial charge in [0.1, 0.15) is 5.75 Å². The monoisotopic (exact) mass is 291 g/mol. The van der Waals surface area contributed by atoms with Crippen molar-refractivity contribution in [3.8, 4) is 5.75 Å². The number of likely N-dealkylation sites (tertiary alicyclic amines) is 1. The fraction of sp³-hybridized carbons (Fsp3) is 0.500. The molecule has 0 radical (unpaired) electrons. The Balaban J connectivity index is 2.05. The number of hydrogen-bond donors (Lipinski definition) is 1. The Hall–Kier alpha value is -2.04. The molecule has 2 rings (SSSR count). The van der Waals surface area contributed by atoms with E-state index in [-0.39, 0.29) is 24.8 Å². The molecule has 1 aliphatic rings. The molecule has 1 aliphatic heterocycles. The van der Waals surface area contributed by atoms with Gasteiger partial charge in [0.25, 0.3) is 0 Å². The summed E-state index contributed by atoms with van der Waals surface area (Å²) in [6, 6.07) is 5.55. The van der Waals surface area contributed by atoms with Gasteiger partial charge >= 0.3 is 5.97 Å². The Labute approximate surface area is 124 Å². The molecule has 1 aromatic carbocycles. The third-order valence-electron chi connectivity index (χ3n) is 3.94. The lowest BCUT2D eigenvalue weighted by atomic mass is 10.1. The molecule has 1 saturated heterocycles. The second-order valence-electron chi connectivity index (χ2n) is 5.46. The number of carbonyl (C=O) groups excluding carboxylic acids is 1. The Morgan fingerprint density at radius 1 is 1.43 bits per heavy atom. The Morgan fingerprint density at radius 2 is 2.19 bits per heavy atom. The quantitative estimate of drug-likeness (QED) is 0.901. The van der Waals surface area contributed by atoms with E-state index in [1.807, 2.05) is 25.1 Å². The molecule has 1 aromatic rings. The minimum Gasteiger partial charge on any atom is -0.496 e. The predicted octanol–water partition coefficient (Wildman–Crippen LogP) is 2.01. The Kier molecular flexibility index (Phi) is 4.83. The first kappa shape index (κ1) is 15.4. The van der Waals surface area contributed by atoms with Gasteiger partial charge in [0.05, 0.1) is 20.0 Å². The van der Waals surface area contributed by atoms with E-state index in [1.165, 1.54) is 0 Å². The van der Waals surface area contributed by atoms with Crippen molar-refractivity contribution in [2.45, 2.75) is 38.6 Å². The molecule has 1 fully saturated rings. The molecular formula is C16H21NO4. The fourth-order valence-corrected chi connectivity index (χ4v) is 2.83. The number of hydrogen-bond acceptors (Lipinski definition) is 3. The lowest BCUT2D eigenvalue weighted by molar-refractivity contribution is -0.139. The number of amides is 1. The van der Waals surface area contributed by atoms with E-state index < -0.39 is 5.97 Å². The van der Waals surface area contributed by atoms with Crippen LogP contribution in [0.1, 0.15) is 30.4 Å². The summed E-state index contributed by atoms with van der Waals surface area (Å²) in [6.07, 6.45) is 1.96. The summed E-state index contributed by atoms with van der Waals surface area (Å²) < 4.78 is 5.26. The molecule has 1 atom stereocenters. The highest BCUT2D eigenvalue weighted by Crippen LogP contribution is 2.23. The largest absolute Gasteiger partial charge is 0.496 e. The zero-order chi connectivity index (χ0) is 15.4. The molecule has 0 aromatic heterocycles. The number of carbonyl (C=O) groups is 2. The van der Waals surface area contributed by atoms with Crippen molar-refractivity contribution in [1.29, 1.82) is 0 Å². The van der Waals surface area contributed by atoms with Gasteiger partial charge in [-0.2, -0.15) is 0 Å². The van der Waals surface area contributed by atoms with E-state index in [2.05, 4.69) is 0 Å². The molecule has 1 amide bonds. The maximum absolute atomic E-state index is 12.4. The van der Waals surface area contributed by atoms with Crippen molar-refractivity contribution in [2.24, 2.45) is 0 Å². The van der Waals surface area contributed by atoms with Gasteiger partial charge in [0.15, 0.2) is 0 Å². The van der Waals surface area contributed by atoms with Gasteiger partial charge in [0, 0.05) is 12.6 Å². The van der Waals surface area contributed by atoms with Crippen molar-refractivity contribution >= 4 is 11.9 Å². The zero-order valence-electron chi connectivity index (χ0n) is 12.5. The highest BCUT2D eigenvalue weighted by molar-refractivity contribution is 5.80. The highest BCUT2D eigenvalue weighted by atomic mass is 16.5. The number of rotatable bonds is 5. The van der Waals surface area contributed by atoms with Crippen molar-refractivity contribution in [1.82, 2.24) is 4.90 Å². The molecule has 114 valence electrons. The molecule has 0 bridgehead atoms. The maximum Gasteiger partial charge on any atom is 0.305 e. The third-order valence-corrected chi connectivity index (χ3v) is 3.94. The van der Waals surface area contributed by atoms with Crippen LogP contribution in [0, 0.1) is 6.92 Å². The van der Waals surface area contributed by atoms with E-state index in [0.29, 0.717) is 6.54 Å². The van der Waals surface area contributed by atoms with Gasteiger partial charge in [-0.3, -0.25) is 9.59 Å². The molecule has 21 heavy (non-hydrogen) atoms. The number of aliphatic carboxylic acids is 1. The normalized spacial score (nSPS) is 17.8. The summed E-state index contributed by atoms with van der Waals surface area (Å²) in [7, 11) is 1.61. The van der Waals surface area contributed by atoms with E-state index in [1.54, 1.807) is 12.0 Å². The third kappa shape index (κ3) is 3.74. The topological polar surface area (TPSA) is 66.8 Å². The predicted molar refractivity (Wildman–Crippen MR) is 78.4 cm³/mol. The van der Waals surface area contributed by atoms with Gasteiger partial charge in [-0.25, -0.2) is 0 Å². The summed E-state index contributed by atoms with van der Waals surface area (Å²) >= 11 is 0. The van der Waals surface area contributed by atoms with Crippen LogP contribution in [0.2, 0.25) is 0 Å². The van der Waals surface area contributed by atoms with E-state index in [0.717, 1.165) is 29.7 Å². The number of aryl methyl sites for hydroxylation is 1. The van der Waals surface area contributed by atoms with Crippen molar-refractivity contribution < 1.29 is 19.4 Å². The van der Waals surface area contributed by atoms with Crippen LogP contribution in [0.3, 0.4) is 0 Å². The summed E-state index contributed by atoms with van der Waals surface area (Å²) in [5.41, 5.74) is 1.92. The number of ether oxygens (including phenoxy) is 1. The summed E-state index contributed by atoms with van der Waals surface area (Å²) in [5.74, 6) is -0.0924. The van der Waals surface area contributed by atoms with Crippen LogP contribution in [-0.2, 0) is 16.0 Å². The minimum absolute atomic E-state index is 0.00958. The molecule has 1 heterocycles. The molecule has 1 N–H and O–H groups in total. The van der Waals surface area contributed by atoms with Crippen LogP contribution >= 0.6 is 0 Å². The summed E-state index contributed by atoms with van der Waals surface area (Å²) in [6.45, 7) is 2.60. The molecule has 5 heteroatoms. The number of nitrogens with zero attached hydrogens (tertiary/aromatic N) is 1. The average Bonchev–Trinajstić information content (AvgIpc) is 2.88. The highest BCUT2D eigenvalue weighted by Gasteiger charge is 2.30. The maximum atomic E-state index is 12.4. The molecule has 0 saturated carbocycles. The lowest BCUT2D eigenvalue weighted by Gasteiger charge is -2.23. The Morgan fingerprint density at radius 3 is 2.86 bits per heavy atom. The van der Waals surface area contributed by atoms with Crippen molar-refractivity contribution in [3.63, 3.8) is 0 Å². The Bertz CT molecular complexity index is 541. The molecule has 0 aliphatic carbocycles. The molecule has 5 nitrogen and oxygen atoms in total. The molecular weight excluding hydrogens is 270 g/mol. The molecule has 0 spiro atoms. The van der Waals surface area contributed by atoms with Crippen LogP contribution in [0.15, 0.2) is 18.2 Å². The average molecular weight is 291 g/mol. The van der Waals surface area contributed by atoms with Gasteiger partial charge < -0.3 is 14.7 Å². The number of carboxylic acids is 1. The van der Waals surface area contributed by atoms with Gasteiger partial charge in [-0.15, -0.1) is 0 Å². The van der Waals surface area contributed by atoms with Crippen molar-refractivity contribution in [3.05, 3.63) is 29.3 Å². The second-order valence-corrected chi connectivity index (χ2v) is 5.46. The van der Waals surface area contributed by atoms with E-state index >= 15 is 0 Å². The number of carboxylic acid groups (broad SMARTS) is 1. The lowest BCUT2D eigenvalue weighted by Crippen LogP contribution is -2.37. The summed E-state index contributed by atoms with van der Waals surface area (Å²) in [5, 5.41) is 8.91. The first-order valence-electron chi connectivity index (χ1n) is 7.16. The fourth-order valence-electron chi connectivity index (χ4n) is 2.83. The van der Waals surface area contributed by atoms with Crippen LogP contribution < -0.4 is 4.74 Å². The standard InChI is InChI=1S/C16H21NO4/c1-11-5-6-12(8-14(11)21-2)9-15(18)17-7-3-4-13(17)10-16(19)20/h5-6,8,13H,3-4,7,9-10H2,1-2H3,(H,19,20). The van der Waals surface area contributed by atoms with Gasteiger partial charge in [0.2, 0.25) is 5.91 Å². The first-order chi connectivity index (χ1) is 10.0. The summed E-state index contributed by atoms with van der Waals surface area (Å²) in [4.78, 5) is 24.9. The van der Waals surface area contributed by atoms with E-state index in [4.69, 9.17) is 9.84 Å². The van der Waals surface area contributed by atoms with Gasteiger partial charge in [-0.05, 0) is 37.0 Å². The zero-order valence-corrected chi connectivity index (χ0v) is 12.5. The van der Waals surface area contributed by atoms with Crippen LogP contribution in [0.25, 0.3) is 0 Å². The van der Waals surface area contributed by atoms with Crippen LogP contribution in [-0.4, -0.2) is 41.6 Å². The van der Waals surface area contributed by atoms with Crippen LogP contribution in [0.4, 0.5) is 0 Å². The van der Waals surface area contributed by atoms with E-state index in [9.17, 15) is 9.59 Å². The first-order valence-corrected chi connectivity index (χ1v) is 7.16. The second kappa shape index (κ2) is 6.61. The minimum atomic E-state index is -0.850. The van der Waals surface area contributed by atoms with Crippen molar-refractivity contribution in [2.75, 3.05) is 13.7 Å². The van der Waals surface area contributed by atoms with Gasteiger partial charge in [-0.1, -0.05) is 12.1 Å². The SMILES string of the molecule is COc1cc(CC(=O)N2CCCC2CC(=O)O)ccc1C. The number of methoxy groups -OCH3 is 1. The molecule has 1 unspecified atom stereocenters. The van der Waals surface area contributed by atoms with Crippen LogP contribution in [0.5, 0.6) is 5.75 Å². The smallest absolute Gasteiger partial charge is 0.305 e.